The summed E-state index contributed by atoms with van der Waals surface area (Å²) in [7, 11) is 1.90. The van der Waals surface area contributed by atoms with Crippen molar-refractivity contribution >= 4 is 5.97 Å². The second-order valence-electron chi connectivity index (χ2n) is 5.09. The Labute approximate surface area is 108 Å². The van der Waals surface area contributed by atoms with Gasteiger partial charge in [0.25, 0.3) is 0 Å². The summed E-state index contributed by atoms with van der Waals surface area (Å²) in [5, 5.41) is 13.3. The number of rotatable bonds is 7. The van der Waals surface area contributed by atoms with E-state index < -0.39 is 5.97 Å². The van der Waals surface area contributed by atoms with E-state index in [-0.39, 0.29) is 6.54 Å². The average Bonchev–Trinajstić information content (AvgIpc) is 2.56. The van der Waals surface area contributed by atoms with Crippen LogP contribution in [0.25, 0.3) is 0 Å². The fourth-order valence-electron chi connectivity index (χ4n) is 2.15. The van der Waals surface area contributed by atoms with Crippen molar-refractivity contribution in [3.63, 3.8) is 0 Å². The van der Waals surface area contributed by atoms with Crippen LogP contribution in [0.4, 0.5) is 0 Å². The lowest BCUT2D eigenvalue weighted by atomic mass is 10.1. The maximum Gasteiger partial charge on any atom is 0.317 e. The molecule has 5 nitrogen and oxygen atoms in total. The molecule has 1 aromatic rings. The molecule has 1 N–H and O–H groups in total. The van der Waals surface area contributed by atoms with E-state index >= 15 is 0 Å². The van der Waals surface area contributed by atoms with Crippen LogP contribution in [-0.2, 0) is 24.8 Å². The monoisotopic (exact) mass is 253 g/mol. The lowest BCUT2D eigenvalue weighted by Crippen LogP contribution is -2.32. The van der Waals surface area contributed by atoms with E-state index in [9.17, 15) is 4.79 Å². The number of carboxylic acids is 1. The van der Waals surface area contributed by atoms with Crippen LogP contribution in [0.15, 0.2) is 6.20 Å². The summed E-state index contributed by atoms with van der Waals surface area (Å²) < 4.78 is 1.79. The summed E-state index contributed by atoms with van der Waals surface area (Å²) in [5.41, 5.74) is 2.18. The van der Waals surface area contributed by atoms with Gasteiger partial charge in [0.15, 0.2) is 0 Å². The molecule has 0 aliphatic rings. The van der Waals surface area contributed by atoms with Crippen molar-refractivity contribution in [2.45, 2.75) is 33.7 Å². The third kappa shape index (κ3) is 4.49. The van der Waals surface area contributed by atoms with E-state index in [0.717, 1.165) is 24.2 Å². The van der Waals surface area contributed by atoms with E-state index in [1.807, 2.05) is 18.1 Å². The van der Waals surface area contributed by atoms with Gasteiger partial charge in [-0.3, -0.25) is 14.4 Å². The van der Waals surface area contributed by atoms with Gasteiger partial charge in [0.1, 0.15) is 0 Å². The van der Waals surface area contributed by atoms with Gasteiger partial charge in [-0.2, -0.15) is 5.10 Å². The van der Waals surface area contributed by atoms with E-state index in [4.69, 9.17) is 5.11 Å². The molecule has 1 aromatic heterocycles. The molecule has 0 aromatic carbocycles. The Morgan fingerprint density at radius 3 is 2.72 bits per heavy atom. The number of aromatic nitrogens is 2. The predicted molar refractivity (Wildman–Crippen MR) is 70.3 cm³/mol. The van der Waals surface area contributed by atoms with E-state index in [0.29, 0.717) is 12.5 Å². The molecule has 0 unspecified atom stereocenters. The zero-order chi connectivity index (χ0) is 13.7. The van der Waals surface area contributed by atoms with E-state index in [1.165, 1.54) is 0 Å². The van der Waals surface area contributed by atoms with Crippen LogP contribution in [0.2, 0.25) is 0 Å². The fraction of sp³-hybridized carbons (Fsp3) is 0.692. The molecule has 0 atom stereocenters. The van der Waals surface area contributed by atoms with Crippen molar-refractivity contribution in [1.29, 1.82) is 0 Å². The Hall–Kier alpha value is -1.36. The van der Waals surface area contributed by atoms with Crippen LogP contribution in [-0.4, -0.2) is 38.8 Å². The Bertz CT molecular complexity index is 399. The van der Waals surface area contributed by atoms with Crippen molar-refractivity contribution in [3.05, 3.63) is 17.5 Å². The minimum atomic E-state index is -0.780. The third-order valence-corrected chi connectivity index (χ3v) is 2.70. The highest BCUT2D eigenvalue weighted by Gasteiger charge is 2.15. The molecular formula is C13H23N3O2. The standard InChI is InChI=1S/C13H23N3O2/c1-5-12-11(7-15(4)14-12)8-16(6-10(2)3)9-13(17)18/h7,10H,5-6,8-9H2,1-4H3,(H,17,18). The molecule has 1 heterocycles. The lowest BCUT2D eigenvalue weighted by Gasteiger charge is -2.22. The Balaban J connectivity index is 2.77. The summed E-state index contributed by atoms with van der Waals surface area (Å²) in [5.74, 6) is -0.330. The lowest BCUT2D eigenvalue weighted by molar-refractivity contribution is -0.138. The molecule has 18 heavy (non-hydrogen) atoms. The highest BCUT2D eigenvalue weighted by molar-refractivity contribution is 5.69. The SMILES string of the molecule is CCc1nn(C)cc1CN(CC(=O)O)CC(C)C. The van der Waals surface area contributed by atoms with Gasteiger partial charge in [-0.1, -0.05) is 20.8 Å². The number of hydrogen-bond acceptors (Lipinski definition) is 3. The molecule has 1 rings (SSSR count). The third-order valence-electron chi connectivity index (χ3n) is 2.70. The predicted octanol–water partition coefficient (Wildman–Crippen LogP) is 1.53. The smallest absolute Gasteiger partial charge is 0.317 e. The molecule has 0 aliphatic heterocycles. The van der Waals surface area contributed by atoms with Crippen LogP contribution in [0.1, 0.15) is 32.0 Å². The first-order valence-electron chi connectivity index (χ1n) is 6.37. The van der Waals surface area contributed by atoms with Crippen LogP contribution < -0.4 is 0 Å². The van der Waals surface area contributed by atoms with Gasteiger partial charge in [0.05, 0.1) is 12.2 Å². The second kappa shape index (κ2) is 6.54. The summed E-state index contributed by atoms with van der Waals surface area (Å²) >= 11 is 0. The zero-order valence-electron chi connectivity index (χ0n) is 11.7. The normalized spacial score (nSPS) is 11.4. The molecule has 0 aliphatic carbocycles. The van der Waals surface area contributed by atoms with Gasteiger partial charge in [0, 0.05) is 31.9 Å². The fourth-order valence-corrected chi connectivity index (χ4v) is 2.15. The number of carboxylic acid groups (broad SMARTS) is 1. The van der Waals surface area contributed by atoms with Gasteiger partial charge in [-0.15, -0.1) is 0 Å². The first-order chi connectivity index (χ1) is 8.42. The highest BCUT2D eigenvalue weighted by Crippen LogP contribution is 2.12. The van der Waals surface area contributed by atoms with Gasteiger partial charge in [-0.05, 0) is 12.3 Å². The molecule has 5 heteroatoms. The quantitative estimate of drug-likeness (QED) is 0.800. The summed E-state index contributed by atoms with van der Waals surface area (Å²) in [6.07, 6.45) is 2.85. The van der Waals surface area contributed by atoms with Crippen LogP contribution in [0.3, 0.4) is 0 Å². The number of aryl methyl sites for hydroxylation is 2. The Morgan fingerprint density at radius 2 is 2.22 bits per heavy atom. The van der Waals surface area contributed by atoms with Crippen molar-refractivity contribution in [1.82, 2.24) is 14.7 Å². The first kappa shape index (κ1) is 14.7. The summed E-state index contributed by atoms with van der Waals surface area (Å²) in [6, 6.07) is 0. The van der Waals surface area contributed by atoms with Crippen molar-refractivity contribution in [2.24, 2.45) is 13.0 Å². The minimum absolute atomic E-state index is 0.0796. The second-order valence-corrected chi connectivity index (χ2v) is 5.09. The number of aliphatic carboxylic acids is 1. The zero-order valence-corrected chi connectivity index (χ0v) is 11.7. The molecule has 0 saturated heterocycles. The van der Waals surface area contributed by atoms with E-state index in [2.05, 4.69) is 25.9 Å². The van der Waals surface area contributed by atoms with Crippen LogP contribution >= 0.6 is 0 Å². The van der Waals surface area contributed by atoms with Crippen molar-refractivity contribution in [3.8, 4) is 0 Å². The first-order valence-corrected chi connectivity index (χ1v) is 6.37. The van der Waals surface area contributed by atoms with Crippen molar-refractivity contribution in [2.75, 3.05) is 13.1 Å². The molecule has 0 spiro atoms. The summed E-state index contributed by atoms with van der Waals surface area (Å²) in [6.45, 7) is 7.77. The van der Waals surface area contributed by atoms with Crippen LogP contribution in [0.5, 0.6) is 0 Å². The average molecular weight is 253 g/mol. The van der Waals surface area contributed by atoms with Gasteiger partial charge >= 0.3 is 5.97 Å². The minimum Gasteiger partial charge on any atom is -0.480 e. The van der Waals surface area contributed by atoms with Gasteiger partial charge in [-0.25, -0.2) is 0 Å². The Kier molecular flexibility index (Phi) is 5.34. The van der Waals surface area contributed by atoms with Gasteiger partial charge in [0.2, 0.25) is 0 Å². The highest BCUT2D eigenvalue weighted by atomic mass is 16.4. The van der Waals surface area contributed by atoms with E-state index in [1.54, 1.807) is 4.68 Å². The molecule has 0 radical (unpaired) electrons. The summed E-state index contributed by atoms with van der Waals surface area (Å²) in [4.78, 5) is 12.8. The number of carbonyl (C=O) groups is 1. The molecular weight excluding hydrogens is 230 g/mol. The molecule has 0 fully saturated rings. The topological polar surface area (TPSA) is 58.4 Å². The number of hydrogen-bond donors (Lipinski definition) is 1. The maximum absolute atomic E-state index is 10.9. The van der Waals surface area contributed by atoms with Gasteiger partial charge < -0.3 is 5.11 Å². The number of nitrogens with zero attached hydrogens (tertiary/aromatic N) is 3. The largest absolute Gasteiger partial charge is 0.480 e. The molecule has 0 amide bonds. The molecule has 0 bridgehead atoms. The Morgan fingerprint density at radius 1 is 1.56 bits per heavy atom. The van der Waals surface area contributed by atoms with Crippen molar-refractivity contribution < 1.29 is 9.90 Å². The molecule has 0 saturated carbocycles. The van der Waals surface area contributed by atoms with Crippen LogP contribution in [0, 0.1) is 5.92 Å². The maximum atomic E-state index is 10.9. The molecule has 102 valence electrons.